The number of aliphatic carboxylic acids is 1. The first kappa shape index (κ1) is 23.4. The Morgan fingerprint density at radius 3 is 2.27 bits per heavy atom. The van der Waals surface area contributed by atoms with E-state index in [1.165, 1.54) is 24.3 Å². The molecule has 1 aliphatic rings. The number of para-hydroxylation sites is 1. The number of nitro groups is 1. The molecule has 0 unspecified atom stereocenters. The first-order valence-electron chi connectivity index (χ1n) is 10.1. The molecule has 0 radical (unpaired) electrons. The molecule has 0 bridgehead atoms. The SMILES string of the molecule is O=C(C[C@@H]1NC(=O)[C@H](Cc2ccccc2)NC1=O)N[C@H](Cc1ccccc1[N+](=O)[O-])C(=O)O. The molecule has 1 fully saturated rings. The van der Waals surface area contributed by atoms with E-state index in [0.717, 1.165) is 5.56 Å². The number of piperazine rings is 1. The van der Waals surface area contributed by atoms with Gasteiger partial charge in [-0.25, -0.2) is 4.79 Å². The Morgan fingerprint density at radius 1 is 1.00 bits per heavy atom. The smallest absolute Gasteiger partial charge is 0.326 e. The van der Waals surface area contributed by atoms with E-state index >= 15 is 0 Å². The second-order valence-electron chi connectivity index (χ2n) is 7.56. The van der Waals surface area contributed by atoms with Crippen LogP contribution in [0.4, 0.5) is 5.69 Å². The second kappa shape index (κ2) is 10.4. The molecule has 4 N–H and O–H groups in total. The first-order chi connectivity index (χ1) is 15.7. The van der Waals surface area contributed by atoms with Crippen molar-refractivity contribution < 1.29 is 29.2 Å². The molecular formula is C22H22N4O7. The average Bonchev–Trinajstić information content (AvgIpc) is 2.77. The van der Waals surface area contributed by atoms with Crippen molar-refractivity contribution >= 4 is 29.4 Å². The van der Waals surface area contributed by atoms with Gasteiger partial charge in [0.05, 0.1) is 11.3 Å². The highest BCUT2D eigenvalue weighted by molar-refractivity contribution is 5.99. The summed E-state index contributed by atoms with van der Waals surface area (Å²) >= 11 is 0. The van der Waals surface area contributed by atoms with Gasteiger partial charge in [-0.05, 0) is 5.56 Å². The molecule has 0 aliphatic carbocycles. The van der Waals surface area contributed by atoms with Gasteiger partial charge in [-0.2, -0.15) is 0 Å². The summed E-state index contributed by atoms with van der Waals surface area (Å²) in [5, 5.41) is 28.0. The van der Waals surface area contributed by atoms with Crippen molar-refractivity contribution in [1.29, 1.82) is 0 Å². The number of nitro benzene ring substituents is 1. The second-order valence-corrected chi connectivity index (χ2v) is 7.56. The van der Waals surface area contributed by atoms with Gasteiger partial charge in [0.25, 0.3) is 5.69 Å². The summed E-state index contributed by atoms with van der Waals surface area (Å²) in [4.78, 5) is 59.4. The summed E-state index contributed by atoms with van der Waals surface area (Å²) in [6, 6.07) is 11.3. The van der Waals surface area contributed by atoms with Gasteiger partial charge in [0, 0.05) is 24.5 Å². The molecule has 2 aromatic rings. The molecule has 1 aliphatic heterocycles. The monoisotopic (exact) mass is 454 g/mol. The highest BCUT2D eigenvalue weighted by Gasteiger charge is 2.35. The fraction of sp³-hybridized carbons (Fsp3) is 0.273. The van der Waals surface area contributed by atoms with Gasteiger partial charge in [-0.1, -0.05) is 48.5 Å². The van der Waals surface area contributed by atoms with Gasteiger partial charge in [-0.15, -0.1) is 0 Å². The number of carbonyl (C=O) groups is 4. The lowest BCUT2D eigenvalue weighted by Gasteiger charge is -2.29. The van der Waals surface area contributed by atoms with Gasteiger partial charge in [0.1, 0.15) is 18.1 Å². The van der Waals surface area contributed by atoms with Gasteiger partial charge in [0.15, 0.2) is 0 Å². The normalized spacial score (nSPS) is 18.5. The maximum atomic E-state index is 12.4. The highest BCUT2D eigenvalue weighted by atomic mass is 16.6. The number of nitrogens with one attached hydrogen (secondary N) is 3. The van der Waals surface area contributed by atoms with Crippen LogP contribution in [0.25, 0.3) is 0 Å². The van der Waals surface area contributed by atoms with Crippen molar-refractivity contribution in [3.05, 3.63) is 75.8 Å². The molecule has 3 rings (SSSR count). The minimum absolute atomic E-state index is 0.141. The summed E-state index contributed by atoms with van der Waals surface area (Å²) in [5.74, 6) is -3.19. The molecule has 1 heterocycles. The van der Waals surface area contributed by atoms with Crippen molar-refractivity contribution in [2.45, 2.75) is 37.4 Å². The molecule has 0 spiro atoms. The zero-order chi connectivity index (χ0) is 24.0. The van der Waals surface area contributed by atoms with E-state index in [0.29, 0.717) is 0 Å². The fourth-order valence-electron chi connectivity index (χ4n) is 3.53. The lowest BCUT2D eigenvalue weighted by atomic mass is 10.0. The Bertz CT molecular complexity index is 1070. The van der Waals surface area contributed by atoms with Crippen LogP contribution in [0.5, 0.6) is 0 Å². The van der Waals surface area contributed by atoms with Crippen molar-refractivity contribution in [1.82, 2.24) is 16.0 Å². The minimum atomic E-state index is -1.45. The number of carboxylic acid groups (broad SMARTS) is 1. The van der Waals surface area contributed by atoms with Crippen LogP contribution in [0.2, 0.25) is 0 Å². The standard InChI is InChI=1S/C22H22N4O7/c27-19(23-17(22(30)31)11-14-8-4-5-9-18(14)26(32)33)12-16-21(29)24-15(20(28)25-16)10-13-6-2-1-3-7-13/h1-9,15-17H,10-12H2,(H,23,27)(H,24,29)(H,25,28)(H,30,31)/t15-,16-,17+/m0/s1. The van der Waals surface area contributed by atoms with Crippen LogP contribution < -0.4 is 16.0 Å². The number of nitrogens with zero attached hydrogens (tertiary/aromatic N) is 1. The molecule has 3 amide bonds. The maximum absolute atomic E-state index is 12.4. The van der Waals surface area contributed by atoms with Crippen LogP contribution in [0.15, 0.2) is 54.6 Å². The van der Waals surface area contributed by atoms with Crippen molar-refractivity contribution in [2.75, 3.05) is 0 Å². The van der Waals surface area contributed by atoms with Crippen molar-refractivity contribution in [3.63, 3.8) is 0 Å². The maximum Gasteiger partial charge on any atom is 0.326 e. The molecule has 3 atom stereocenters. The first-order valence-corrected chi connectivity index (χ1v) is 10.1. The number of carbonyl (C=O) groups excluding carboxylic acids is 3. The Labute approximate surface area is 188 Å². The summed E-state index contributed by atoms with van der Waals surface area (Å²) in [7, 11) is 0. The number of rotatable bonds is 9. The number of amides is 3. The van der Waals surface area contributed by atoms with Crippen molar-refractivity contribution in [3.8, 4) is 0 Å². The molecule has 11 nitrogen and oxygen atoms in total. The predicted octanol–water partition coefficient (Wildman–Crippen LogP) is 0.323. The number of benzene rings is 2. The van der Waals surface area contributed by atoms with Crippen LogP contribution >= 0.6 is 0 Å². The van der Waals surface area contributed by atoms with Crippen LogP contribution in [-0.2, 0) is 32.0 Å². The van der Waals surface area contributed by atoms with Gasteiger partial charge in [0.2, 0.25) is 17.7 Å². The van der Waals surface area contributed by atoms with E-state index in [1.807, 2.05) is 30.3 Å². The zero-order valence-electron chi connectivity index (χ0n) is 17.4. The van der Waals surface area contributed by atoms with Crippen LogP contribution in [0.3, 0.4) is 0 Å². The lowest BCUT2D eigenvalue weighted by Crippen LogP contribution is -2.63. The van der Waals surface area contributed by atoms with Gasteiger partial charge in [-0.3, -0.25) is 24.5 Å². The summed E-state index contributed by atoms with van der Waals surface area (Å²) in [5.41, 5.74) is 0.734. The quantitative estimate of drug-likeness (QED) is 0.313. The topological polar surface area (TPSA) is 168 Å². The third-order valence-corrected chi connectivity index (χ3v) is 5.18. The Hall–Kier alpha value is -4.28. The van der Waals surface area contributed by atoms with Crippen molar-refractivity contribution in [2.24, 2.45) is 0 Å². The summed E-state index contributed by atoms with van der Waals surface area (Å²) < 4.78 is 0. The molecular weight excluding hydrogens is 432 g/mol. The van der Waals surface area contributed by atoms with Crippen LogP contribution in [0, 0.1) is 10.1 Å². The van der Waals surface area contributed by atoms with E-state index in [9.17, 15) is 34.4 Å². The van der Waals surface area contributed by atoms with E-state index in [2.05, 4.69) is 16.0 Å². The Morgan fingerprint density at radius 2 is 1.61 bits per heavy atom. The lowest BCUT2D eigenvalue weighted by molar-refractivity contribution is -0.385. The van der Waals surface area contributed by atoms with E-state index in [-0.39, 0.29) is 24.1 Å². The van der Waals surface area contributed by atoms with E-state index in [1.54, 1.807) is 0 Å². The minimum Gasteiger partial charge on any atom is -0.480 e. The Balaban J connectivity index is 1.60. The molecule has 2 aromatic carbocycles. The number of hydrogen-bond acceptors (Lipinski definition) is 6. The molecule has 0 saturated carbocycles. The fourth-order valence-corrected chi connectivity index (χ4v) is 3.53. The molecule has 33 heavy (non-hydrogen) atoms. The number of hydrogen-bond donors (Lipinski definition) is 4. The largest absolute Gasteiger partial charge is 0.480 e. The van der Waals surface area contributed by atoms with Crippen LogP contribution in [0.1, 0.15) is 17.5 Å². The Kier molecular flexibility index (Phi) is 7.34. The van der Waals surface area contributed by atoms with E-state index in [4.69, 9.17) is 0 Å². The van der Waals surface area contributed by atoms with Crippen LogP contribution in [-0.4, -0.2) is 51.8 Å². The average molecular weight is 454 g/mol. The third kappa shape index (κ3) is 6.12. The number of carboxylic acids is 1. The summed E-state index contributed by atoms with van der Waals surface area (Å²) in [6.07, 6.45) is -0.509. The molecule has 0 aromatic heterocycles. The van der Waals surface area contributed by atoms with E-state index < -0.39 is 53.2 Å². The molecule has 172 valence electrons. The van der Waals surface area contributed by atoms with Gasteiger partial charge < -0.3 is 21.1 Å². The zero-order valence-corrected chi connectivity index (χ0v) is 17.4. The third-order valence-electron chi connectivity index (χ3n) is 5.18. The molecule has 1 saturated heterocycles. The van der Waals surface area contributed by atoms with Gasteiger partial charge >= 0.3 is 5.97 Å². The molecule has 11 heteroatoms. The summed E-state index contributed by atoms with van der Waals surface area (Å²) in [6.45, 7) is 0. The highest BCUT2D eigenvalue weighted by Crippen LogP contribution is 2.19. The predicted molar refractivity (Wildman–Crippen MR) is 115 cm³/mol.